The Bertz CT molecular complexity index is 314. The van der Waals surface area contributed by atoms with Crippen molar-refractivity contribution in [1.29, 1.82) is 0 Å². The Kier molecular flexibility index (Phi) is 3.87. The van der Waals surface area contributed by atoms with Crippen LogP contribution in [0, 0.1) is 5.92 Å². The third-order valence-electron chi connectivity index (χ3n) is 3.62. The van der Waals surface area contributed by atoms with Gasteiger partial charge in [-0.15, -0.1) is 0 Å². The van der Waals surface area contributed by atoms with E-state index >= 15 is 0 Å². The highest BCUT2D eigenvalue weighted by molar-refractivity contribution is 5.81. The van der Waals surface area contributed by atoms with E-state index in [-0.39, 0.29) is 18.1 Å². The van der Waals surface area contributed by atoms with Crippen LogP contribution < -0.4 is 0 Å². The summed E-state index contributed by atoms with van der Waals surface area (Å²) in [6, 6.07) is 0. The van der Waals surface area contributed by atoms with Gasteiger partial charge in [-0.05, 0) is 40.0 Å². The van der Waals surface area contributed by atoms with Gasteiger partial charge in [-0.2, -0.15) is 0 Å². The molecular formula is C14H23NO2. The first-order chi connectivity index (χ1) is 8.06. The predicted molar refractivity (Wildman–Crippen MR) is 67.7 cm³/mol. The molecular weight excluding hydrogens is 214 g/mol. The van der Waals surface area contributed by atoms with Gasteiger partial charge in [0.25, 0.3) is 0 Å². The van der Waals surface area contributed by atoms with Gasteiger partial charge in [0.05, 0.1) is 18.1 Å². The Balaban J connectivity index is 2.01. The fraction of sp³-hybridized carbons (Fsp3) is 0.786. The van der Waals surface area contributed by atoms with Crippen molar-refractivity contribution in [1.82, 2.24) is 4.90 Å². The Morgan fingerprint density at radius 3 is 2.59 bits per heavy atom. The van der Waals surface area contributed by atoms with Gasteiger partial charge in [-0.3, -0.25) is 4.79 Å². The molecule has 3 nitrogen and oxygen atoms in total. The molecule has 96 valence electrons. The Morgan fingerprint density at radius 1 is 1.35 bits per heavy atom. The first-order valence-corrected chi connectivity index (χ1v) is 6.68. The van der Waals surface area contributed by atoms with Crippen LogP contribution in [-0.4, -0.2) is 36.1 Å². The Morgan fingerprint density at radius 2 is 2.00 bits per heavy atom. The standard InChI is InChI=1S/C14H23NO2/c1-10-5-4-6-13(7-10)14(16)15-8-11(2)17-12(3)9-15/h7,11-13H,4-6,8-9H2,1-3H3. The van der Waals surface area contributed by atoms with Crippen molar-refractivity contribution in [2.75, 3.05) is 13.1 Å². The van der Waals surface area contributed by atoms with Crippen LogP contribution in [0.2, 0.25) is 0 Å². The van der Waals surface area contributed by atoms with Crippen LogP contribution in [0.1, 0.15) is 40.0 Å². The van der Waals surface area contributed by atoms with Gasteiger partial charge in [0.2, 0.25) is 5.91 Å². The topological polar surface area (TPSA) is 29.5 Å². The van der Waals surface area contributed by atoms with Crippen molar-refractivity contribution in [2.24, 2.45) is 5.92 Å². The molecule has 0 bridgehead atoms. The van der Waals surface area contributed by atoms with E-state index in [1.54, 1.807) is 0 Å². The van der Waals surface area contributed by atoms with Gasteiger partial charge >= 0.3 is 0 Å². The average molecular weight is 237 g/mol. The second kappa shape index (κ2) is 5.21. The molecule has 1 amide bonds. The normalized spacial score (nSPS) is 34.4. The van der Waals surface area contributed by atoms with Crippen molar-refractivity contribution in [3.8, 4) is 0 Å². The van der Waals surface area contributed by atoms with E-state index < -0.39 is 0 Å². The zero-order valence-corrected chi connectivity index (χ0v) is 11.1. The lowest BCUT2D eigenvalue weighted by Gasteiger charge is -2.37. The summed E-state index contributed by atoms with van der Waals surface area (Å²) < 4.78 is 5.67. The monoisotopic (exact) mass is 237 g/mol. The van der Waals surface area contributed by atoms with Crippen molar-refractivity contribution in [3.05, 3.63) is 11.6 Å². The lowest BCUT2D eigenvalue weighted by molar-refractivity contribution is -0.146. The van der Waals surface area contributed by atoms with Crippen molar-refractivity contribution in [2.45, 2.75) is 52.2 Å². The summed E-state index contributed by atoms with van der Waals surface area (Å²) in [6.07, 6.45) is 5.80. The first-order valence-electron chi connectivity index (χ1n) is 6.68. The molecule has 17 heavy (non-hydrogen) atoms. The maximum absolute atomic E-state index is 12.4. The Hall–Kier alpha value is -0.830. The van der Waals surface area contributed by atoms with Crippen molar-refractivity contribution in [3.63, 3.8) is 0 Å². The molecule has 3 heteroatoms. The Labute approximate surface area is 104 Å². The zero-order chi connectivity index (χ0) is 12.4. The summed E-state index contributed by atoms with van der Waals surface area (Å²) in [6.45, 7) is 7.69. The summed E-state index contributed by atoms with van der Waals surface area (Å²) in [5, 5.41) is 0. The molecule has 0 aromatic carbocycles. The van der Waals surface area contributed by atoms with E-state index in [0.29, 0.717) is 5.91 Å². The maximum atomic E-state index is 12.4. The van der Waals surface area contributed by atoms with Gasteiger partial charge < -0.3 is 9.64 Å². The molecule has 0 aromatic heterocycles. The maximum Gasteiger partial charge on any atom is 0.229 e. The second-order valence-corrected chi connectivity index (χ2v) is 5.51. The van der Waals surface area contributed by atoms with E-state index in [4.69, 9.17) is 4.74 Å². The van der Waals surface area contributed by atoms with Crippen molar-refractivity contribution >= 4 is 5.91 Å². The summed E-state index contributed by atoms with van der Waals surface area (Å²) in [4.78, 5) is 14.4. The largest absolute Gasteiger partial charge is 0.372 e. The van der Waals surface area contributed by atoms with Gasteiger partial charge in [0.1, 0.15) is 0 Å². The van der Waals surface area contributed by atoms with Crippen LogP contribution in [0.3, 0.4) is 0 Å². The average Bonchev–Trinajstić information content (AvgIpc) is 2.26. The second-order valence-electron chi connectivity index (χ2n) is 5.51. The molecule has 0 aromatic rings. The molecule has 3 unspecified atom stereocenters. The van der Waals surface area contributed by atoms with E-state index in [2.05, 4.69) is 13.0 Å². The van der Waals surface area contributed by atoms with Crippen LogP contribution in [0.4, 0.5) is 0 Å². The summed E-state index contributed by atoms with van der Waals surface area (Å²) >= 11 is 0. The van der Waals surface area contributed by atoms with Crippen molar-refractivity contribution < 1.29 is 9.53 Å². The lowest BCUT2D eigenvalue weighted by atomic mass is 9.90. The molecule has 0 radical (unpaired) electrons. The minimum absolute atomic E-state index is 0.112. The molecule has 3 atom stereocenters. The van der Waals surface area contributed by atoms with E-state index in [1.165, 1.54) is 5.57 Å². The number of amides is 1. The third kappa shape index (κ3) is 3.09. The highest BCUT2D eigenvalue weighted by atomic mass is 16.5. The number of ether oxygens (including phenoxy) is 1. The van der Waals surface area contributed by atoms with Gasteiger partial charge in [-0.1, -0.05) is 11.6 Å². The molecule has 0 N–H and O–H groups in total. The smallest absolute Gasteiger partial charge is 0.229 e. The number of allylic oxidation sites excluding steroid dienone is 1. The zero-order valence-electron chi connectivity index (χ0n) is 11.1. The molecule has 1 aliphatic heterocycles. The molecule has 0 spiro atoms. The minimum atomic E-state index is 0.112. The number of carbonyl (C=O) groups is 1. The van der Waals surface area contributed by atoms with Crippen LogP contribution >= 0.6 is 0 Å². The van der Waals surface area contributed by atoms with E-state index in [1.807, 2.05) is 18.7 Å². The number of nitrogens with zero attached hydrogens (tertiary/aromatic N) is 1. The van der Waals surface area contributed by atoms with Crippen LogP contribution in [0.25, 0.3) is 0 Å². The first kappa shape index (κ1) is 12.6. The number of hydrogen-bond donors (Lipinski definition) is 0. The summed E-state index contributed by atoms with van der Waals surface area (Å²) in [7, 11) is 0. The fourth-order valence-electron chi connectivity index (χ4n) is 2.90. The highest BCUT2D eigenvalue weighted by Gasteiger charge is 2.30. The molecule has 1 heterocycles. The number of hydrogen-bond acceptors (Lipinski definition) is 2. The third-order valence-corrected chi connectivity index (χ3v) is 3.62. The van der Waals surface area contributed by atoms with E-state index in [0.717, 1.165) is 32.4 Å². The fourth-order valence-corrected chi connectivity index (χ4v) is 2.90. The number of carbonyl (C=O) groups excluding carboxylic acids is 1. The molecule has 2 aliphatic rings. The quantitative estimate of drug-likeness (QED) is 0.655. The van der Waals surface area contributed by atoms with Crippen LogP contribution in [-0.2, 0) is 9.53 Å². The molecule has 1 saturated heterocycles. The lowest BCUT2D eigenvalue weighted by Crippen LogP contribution is -2.50. The van der Waals surface area contributed by atoms with E-state index in [9.17, 15) is 4.79 Å². The summed E-state index contributed by atoms with van der Waals surface area (Å²) in [5.41, 5.74) is 1.36. The molecule has 0 saturated carbocycles. The molecule has 2 rings (SSSR count). The number of rotatable bonds is 1. The molecule has 1 aliphatic carbocycles. The van der Waals surface area contributed by atoms with Crippen LogP contribution in [0.5, 0.6) is 0 Å². The highest BCUT2D eigenvalue weighted by Crippen LogP contribution is 2.25. The summed E-state index contributed by atoms with van der Waals surface area (Å²) in [5.74, 6) is 0.410. The van der Waals surface area contributed by atoms with Gasteiger partial charge in [0, 0.05) is 13.1 Å². The van der Waals surface area contributed by atoms with Gasteiger partial charge in [-0.25, -0.2) is 0 Å². The van der Waals surface area contributed by atoms with Gasteiger partial charge in [0.15, 0.2) is 0 Å². The number of morpholine rings is 1. The SMILES string of the molecule is CC1=CC(C(=O)N2CC(C)OC(C)C2)CCC1. The molecule has 1 fully saturated rings. The minimum Gasteiger partial charge on any atom is -0.372 e. The van der Waals surface area contributed by atoms with Crippen LogP contribution in [0.15, 0.2) is 11.6 Å². The predicted octanol–water partition coefficient (Wildman–Crippen LogP) is 2.37.